The Balaban J connectivity index is 1.65. The monoisotopic (exact) mass is 294 g/mol. The van der Waals surface area contributed by atoms with Crippen LogP contribution in [0, 0.1) is 6.92 Å². The summed E-state index contributed by atoms with van der Waals surface area (Å²) in [5, 5.41) is 8.31. The predicted molar refractivity (Wildman–Crippen MR) is 85.2 cm³/mol. The molecule has 2 aromatic carbocycles. The second-order valence-corrected chi connectivity index (χ2v) is 5.66. The molecule has 1 unspecified atom stereocenters. The Morgan fingerprint density at radius 2 is 1.64 bits per heavy atom. The smallest absolute Gasteiger partial charge is 0.271 e. The minimum Gasteiger partial charge on any atom is -0.415 e. The second kappa shape index (κ2) is 6.54. The van der Waals surface area contributed by atoms with E-state index < -0.39 is 0 Å². The molecular weight excluding hydrogens is 274 g/mol. The van der Waals surface area contributed by atoms with Crippen molar-refractivity contribution in [1.82, 2.24) is 10.2 Å². The van der Waals surface area contributed by atoms with Crippen molar-refractivity contribution in [2.45, 2.75) is 20.0 Å². The molecule has 3 rings (SSSR count). The first-order valence-corrected chi connectivity index (χ1v) is 7.45. The number of aromatic nitrogens is 2. The van der Waals surface area contributed by atoms with Gasteiger partial charge in [0.05, 0.1) is 7.05 Å². The molecule has 0 amide bonds. The Morgan fingerprint density at radius 3 is 2.36 bits per heavy atom. The first kappa shape index (κ1) is 14.5. The largest absolute Gasteiger partial charge is 0.415 e. The molecule has 0 radical (unpaired) electrons. The van der Waals surface area contributed by atoms with Gasteiger partial charge in [-0.2, -0.15) is 0 Å². The zero-order valence-electron chi connectivity index (χ0n) is 12.9. The molecule has 22 heavy (non-hydrogen) atoms. The Kier molecular flexibility index (Phi) is 4.30. The summed E-state index contributed by atoms with van der Waals surface area (Å²) in [5.74, 6) is 1.26. The van der Waals surface area contributed by atoms with Gasteiger partial charge in [-0.25, -0.2) is 0 Å². The van der Waals surface area contributed by atoms with Crippen LogP contribution in [0.3, 0.4) is 0 Å². The molecule has 4 heteroatoms. The lowest BCUT2D eigenvalue weighted by Gasteiger charge is -2.11. The lowest BCUT2D eigenvalue weighted by Crippen LogP contribution is -3.06. The minimum absolute atomic E-state index is 0.586. The van der Waals surface area contributed by atoms with Crippen molar-refractivity contribution >= 4 is 0 Å². The van der Waals surface area contributed by atoms with Crippen LogP contribution in [-0.4, -0.2) is 17.2 Å². The van der Waals surface area contributed by atoms with E-state index in [0.29, 0.717) is 18.3 Å². The molecule has 4 nitrogen and oxygen atoms in total. The first-order chi connectivity index (χ1) is 10.7. The average molecular weight is 294 g/mol. The molecular formula is C18H20N3O+. The third kappa shape index (κ3) is 3.59. The molecule has 0 spiro atoms. The molecule has 0 aliphatic rings. The zero-order chi connectivity index (χ0) is 15.4. The Morgan fingerprint density at radius 1 is 0.909 bits per heavy atom. The van der Waals surface area contributed by atoms with Crippen molar-refractivity contribution in [3.8, 4) is 11.5 Å². The number of rotatable bonds is 5. The van der Waals surface area contributed by atoms with Crippen molar-refractivity contribution < 1.29 is 9.32 Å². The van der Waals surface area contributed by atoms with Gasteiger partial charge in [0.2, 0.25) is 5.89 Å². The van der Waals surface area contributed by atoms with Crippen LogP contribution < -0.4 is 4.90 Å². The van der Waals surface area contributed by atoms with Crippen LogP contribution in [0.5, 0.6) is 0 Å². The highest BCUT2D eigenvalue weighted by Gasteiger charge is 2.13. The lowest BCUT2D eigenvalue weighted by atomic mass is 10.1. The number of aryl methyl sites for hydroxylation is 1. The summed E-state index contributed by atoms with van der Waals surface area (Å²) < 4.78 is 5.77. The minimum atomic E-state index is 0.586. The van der Waals surface area contributed by atoms with Crippen molar-refractivity contribution in [2.75, 3.05) is 7.05 Å². The third-order valence-corrected chi connectivity index (χ3v) is 3.57. The van der Waals surface area contributed by atoms with E-state index in [-0.39, 0.29) is 0 Å². The molecule has 1 aromatic heterocycles. The first-order valence-electron chi connectivity index (χ1n) is 7.45. The molecule has 1 heterocycles. The van der Waals surface area contributed by atoms with E-state index in [2.05, 4.69) is 48.4 Å². The van der Waals surface area contributed by atoms with Gasteiger partial charge in [-0.3, -0.25) is 0 Å². The topological polar surface area (TPSA) is 43.4 Å². The highest BCUT2D eigenvalue weighted by atomic mass is 16.4. The molecule has 1 atom stereocenters. The van der Waals surface area contributed by atoms with Crippen molar-refractivity contribution in [1.29, 1.82) is 0 Å². The fraction of sp³-hybridized carbons (Fsp3) is 0.222. The molecule has 1 N–H and O–H groups in total. The summed E-state index contributed by atoms with van der Waals surface area (Å²) in [6, 6.07) is 18.5. The van der Waals surface area contributed by atoms with E-state index in [1.807, 2.05) is 30.3 Å². The summed E-state index contributed by atoms with van der Waals surface area (Å²) in [5.41, 5.74) is 3.49. The van der Waals surface area contributed by atoms with Gasteiger partial charge in [-0.1, -0.05) is 48.0 Å². The van der Waals surface area contributed by atoms with Crippen LogP contribution >= 0.6 is 0 Å². The van der Waals surface area contributed by atoms with E-state index in [4.69, 9.17) is 4.42 Å². The Labute approximate surface area is 130 Å². The van der Waals surface area contributed by atoms with Crippen LogP contribution in [0.4, 0.5) is 0 Å². The average Bonchev–Trinajstić information content (AvgIpc) is 2.97. The van der Waals surface area contributed by atoms with Crippen molar-refractivity contribution in [2.24, 2.45) is 0 Å². The zero-order valence-corrected chi connectivity index (χ0v) is 12.9. The number of nitrogens with zero attached hydrogens (tertiary/aromatic N) is 2. The van der Waals surface area contributed by atoms with Crippen LogP contribution in [0.2, 0.25) is 0 Å². The van der Waals surface area contributed by atoms with Crippen molar-refractivity contribution in [3.05, 3.63) is 71.6 Å². The van der Waals surface area contributed by atoms with Crippen LogP contribution in [-0.2, 0) is 13.1 Å². The molecule has 3 aromatic rings. The highest BCUT2D eigenvalue weighted by molar-refractivity contribution is 5.52. The fourth-order valence-electron chi connectivity index (χ4n) is 2.40. The van der Waals surface area contributed by atoms with E-state index in [0.717, 1.165) is 12.1 Å². The molecule has 0 bridgehead atoms. The van der Waals surface area contributed by atoms with Crippen LogP contribution in [0.15, 0.2) is 59.0 Å². The summed E-state index contributed by atoms with van der Waals surface area (Å²) in [6.45, 7) is 3.71. The summed E-state index contributed by atoms with van der Waals surface area (Å²) in [4.78, 5) is 1.31. The third-order valence-electron chi connectivity index (χ3n) is 3.57. The van der Waals surface area contributed by atoms with Gasteiger partial charge in [0.15, 0.2) is 6.54 Å². The van der Waals surface area contributed by atoms with E-state index in [1.165, 1.54) is 16.0 Å². The van der Waals surface area contributed by atoms with Gasteiger partial charge in [-0.05, 0) is 19.1 Å². The molecule has 0 aliphatic carbocycles. The quantitative estimate of drug-likeness (QED) is 0.785. The number of benzene rings is 2. The summed E-state index contributed by atoms with van der Waals surface area (Å²) in [6.07, 6.45) is 0. The molecule has 0 saturated heterocycles. The van der Waals surface area contributed by atoms with Gasteiger partial charge in [-0.15, -0.1) is 10.2 Å². The molecule has 0 saturated carbocycles. The highest BCUT2D eigenvalue weighted by Crippen LogP contribution is 2.17. The summed E-state index contributed by atoms with van der Waals surface area (Å²) >= 11 is 0. The number of quaternary nitrogens is 1. The summed E-state index contributed by atoms with van der Waals surface area (Å²) in [7, 11) is 2.13. The molecule has 112 valence electrons. The standard InChI is InChI=1S/C18H19N3O/c1-14-8-10-16(11-9-14)18-20-19-17(22-18)13-21(2)12-15-6-4-3-5-7-15/h3-11H,12-13H2,1-2H3/p+1. The second-order valence-electron chi connectivity index (χ2n) is 5.66. The maximum atomic E-state index is 5.77. The van der Waals surface area contributed by atoms with E-state index >= 15 is 0 Å². The maximum absolute atomic E-state index is 5.77. The van der Waals surface area contributed by atoms with Gasteiger partial charge in [0.1, 0.15) is 6.54 Å². The molecule has 0 fully saturated rings. The Bertz CT molecular complexity index is 720. The van der Waals surface area contributed by atoms with Crippen LogP contribution in [0.1, 0.15) is 17.0 Å². The molecule has 0 aliphatic heterocycles. The van der Waals surface area contributed by atoms with Gasteiger partial charge in [0, 0.05) is 11.1 Å². The van der Waals surface area contributed by atoms with Crippen LogP contribution in [0.25, 0.3) is 11.5 Å². The SMILES string of the molecule is Cc1ccc(-c2nnc(C[NH+](C)Cc3ccccc3)o2)cc1. The van der Waals surface area contributed by atoms with E-state index in [9.17, 15) is 0 Å². The Hall–Kier alpha value is -2.46. The number of hydrogen-bond acceptors (Lipinski definition) is 3. The maximum Gasteiger partial charge on any atom is 0.271 e. The van der Waals surface area contributed by atoms with Gasteiger partial charge in [0.25, 0.3) is 5.89 Å². The fourth-order valence-corrected chi connectivity index (χ4v) is 2.40. The number of nitrogens with one attached hydrogen (secondary N) is 1. The lowest BCUT2D eigenvalue weighted by molar-refractivity contribution is -0.909. The van der Waals surface area contributed by atoms with E-state index in [1.54, 1.807) is 0 Å². The normalized spacial score (nSPS) is 12.3. The number of hydrogen-bond donors (Lipinski definition) is 1. The predicted octanol–water partition coefficient (Wildman–Crippen LogP) is 2.26. The van der Waals surface area contributed by atoms with Gasteiger partial charge < -0.3 is 9.32 Å². The van der Waals surface area contributed by atoms with Gasteiger partial charge >= 0.3 is 0 Å². The van der Waals surface area contributed by atoms with Crippen molar-refractivity contribution in [3.63, 3.8) is 0 Å².